The molecule has 0 aromatic heterocycles. The van der Waals surface area contributed by atoms with E-state index >= 15 is 0 Å². The van der Waals surface area contributed by atoms with Crippen molar-refractivity contribution in [3.05, 3.63) is 12.7 Å². The van der Waals surface area contributed by atoms with Gasteiger partial charge in [0.1, 0.15) is 12.2 Å². The van der Waals surface area contributed by atoms with Gasteiger partial charge in [-0.25, -0.2) is 0 Å². The molecule has 6 atom stereocenters. The van der Waals surface area contributed by atoms with Gasteiger partial charge in [-0.15, -0.1) is 6.58 Å². The quantitative estimate of drug-likeness (QED) is 0.578. The SMILES string of the molecule is C1CCC(OC2CCC3OC23)C1.C=CCOC1CCC2OC12. The highest BCUT2D eigenvalue weighted by atomic mass is 16.6. The molecule has 2 aliphatic heterocycles. The number of fused-ring (bicyclic) bond motifs is 2. The normalized spacial score (nSPS) is 44.9. The van der Waals surface area contributed by atoms with Crippen molar-refractivity contribution in [2.75, 3.05) is 6.61 Å². The third-order valence-corrected chi connectivity index (χ3v) is 5.55. The summed E-state index contributed by atoms with van der Waals surface area (Å²) in [6.45, 7) is 4.26. The second-order valence-electron chi connectivity index (χ2n) is 7.17. The molecule has 5 fully saturated rings. The van der Waals surface area contributed by atoms with Gasteiger partial charge in [-0.1, -0.05) is 18.9 Å². The maximum absolute atomic E-state index is 6.00. The lowest BCUT2D eigenvalue weighted by Crippen LogP contribution is -2.22. The summed E-state index contributed by atoms with van der Waals surface area (Å²) in [4.78, 5) is 0. The predicted molar refractivity (Wildman–Crippen MR) is 82.9 cm³/mol. The molecule has 0 amide bonds. The van der Waals surface area contributed by atoms with E-state index in [0.717, 1.165) is 0 Å². The van der Waals surface area contributed by atoms with Crippen LogP contribution in [0.5, 0.6) is 0 Å². The van der Waals surface area contributed by atoms with Gasteiger partial charge in [0, 0.05) is 0 Å². The highest BCUT2D eigenvalue weighted by Crippen LogP contribution is 2.42. The van der Waals surface area contributed by atoms with Crippen LogP contribution in [0.4, 0.5) is 0 Å². The first kappa shape index (κ1) is 15.1. The summed E-state index contributed by atoms with van der Waals surface area (Å²) < 4.78 is 22.2. The molecule has 0 radical (unpaired) electrons. The molecule has 4 nitrogen and oxygen atoms in total. The van der Waals surface area contributed by atoms with E-state index in [1.165, 1.54) is 51.4 Å². The molecule has 5 aliphatic rings. The molecule has 0 N–H and O–H groups in total. The second kappa shape index (κ2) is 6.60. The summed E-state index contributed by atoms with van der Waals surface area (Å²) in [7, 11) is 0. The van der Waals surface area contributed by atoms with Crippen LogP contribution in [0.2, 0.25) is 0 Å². The molecule has 0 aromatic carbocycles. The maximum atomic E-state index is 6.00. The van der Waals surface area contributed by atoms with Crippen molar-refractivity contribution in [3.63, 3.8) is 0 Å². The molecule has 2 saturated heterocycles. The molecular formula is C18H28O4. The van der Waals surface area contributed by atoms with Gasteiger partial charge in [-0.05, 0) is 38.5 Å². The molecule has 0 bridgehead atoms. The van der Waals surface area contributed by atoms with Gasteiger partial charge in [0.2, 0.25) is 0 Å². The van der Waals surface area contributed by atoms with Crippen molar-refractivity contribution in [1.29, 1.82) is 0 Å². The van der Waals surface area contributed by atoms with Crippen molar-refractivity contribution in [2.24, 2.45) is 0 Å². The average molecular weight is 308 g/mol. The minimum absolute atomic E-state index is 0.364. The summed E-state index contributed by atoms with van der Waals surface area (Å²) in [5.41, 5.74) is 0. The lowest BCUT2D eigenvalue weighted by molar-refractivity contribution is -0.0253. The largest absolute Gasteiger partial charge is 0.372 e. The van der Waals surface area contributed by atoms with Crippen molar-refractivity contribution in [3.8, 4) is 0 Å². The summed E-state index contributed by atoms with van der Waals surface area (Å²) in [6, 6.07) is 0. The van der Waals surface area contributed by atoms with Crippen LogP contribution < -0.4 is 0 Å². The Morgan fingerprint density at radius 1 is 0.864 bits per heavy atom. The Morgan fingerprint density at radius 2 is 1.50 bits per heavy atom. The van der Waals surface area contributed by atoms with E-state index in [4.69, 9.17) is 18.9 Å². The molecule has 22 heavy (non-hydrogen) atoms. The fourth-order valence-electron chi connectivity index (χ4n) is 4.20. The topological polar surface area (TPSA) is 43.5 Å². The van der Waals surface area contributed by atoms with Crippen molar-refractivity contribution >= 4 is 0 Å². The summed E-state index contributed by atoms with van der Waals surface area (Å²) >= 11 is 0. The predicted octanol–water partition coefficient (Wildman–Crippen LogP) is 2.99. The van der Waals surface area contributed by atoms with E-state index in [9.17, 15) is 0 Å². The maximum Gasteiger partial charge on any atom is 0.110 e. The zero-order valence-corrected chi connectivity index (χ0v) is 13.3. The van der Waals surface area contributed by atoms with Crippen LogP contribution in [0.3, 0.4) is 0 Å². The molecule has 4 heteroatoms. The Morgan fingerprint density at radius 3 is 2.00 bits per heavy atom. The lowest BCUT2D eigenvalue weighted by atomic mass is 10.2. The molecule has 5 rings (SSSR count). The summed E-state index contributed by atoms with van der Waals surface area (Å²) in [5, 5.41) is 0. The molecule has 124 valence electrons. The van der Waals surface area contributed by atoms with Crippen LogP contribution in [-0.4, -0.2) is 49.3 Å². The fourth-order valence-corrected chi connectivity index (χ4v) is 4.20. The van der Waals surface area contributed by atoms with E-state index < -0.39 is 0 Å². The fraction of sp³-hybridized carbons (Fsp3) is 0.889. The lowest BCUT2D eigenvalue weighted by Gasteiger charge is -2.17. The van der Waals surface area contributed by atoms with Crippen LogP contribution in [0.1, 0.15) is 51.4 Å². The molecule has 3 saturated carbocycles. The third kappa shape index (κ3) is 3.40. The van der Waals surface area contributed by atoms with E-state index in [1.807, 2.05) is 0 Å². The van der Waals surface area contributed by atoms with Gasteiger partial charge in [-0.3, -0.25) is 0 Å². The molecule has 0 aromatic rings. The minimum Gasteiger partial charge on any atom is -0.372 e. The Kier molecular flexibility index (Phi) is 4.54. The van der Waals surface area contributed by atoms with E-state index in [0.29, 0.717) is 49.3 Å². The van der Waals surface area contributed by atoms with Gasteiger partial charge in [-0.2, -0.15) is 0 Å². The minimum atomic E-state index is 0.364. The average Bonchev–Trinajstić information content (AvgIpc) is 3.33. The first-order chi connectivity index (χ1) is 10.8. The molecule has 3 aliphatic carbocycles. The Hall–Kier alpha value is -0.420. The van der Waals surface area contributed by atoms with Crippen molar-refractivity contribution in [1.82, 2.24) is 0 Å². The molecular weight excluding hydrogens is 280 g/mol. The van der Waals surface area contributed by atoms with Crippen LogP contribution in [-0.2, 0) is 18.9 Å². The van der Waals surface area contributed by atoms with Crippen LogP contribution in [0.25, 0.3) is 0 Å². The number of epoxide rings is 2. The number of rotatable bonds is 5. The molecule has 6 unspecified atom stereocenters. The molecule has 2 heterocycles. The Bertz CT molecular complexity index is 393. The first-order valence-corrected chi connectivity index (χ1v) is 9.04. The van der Waals surface area contributed by atoms with Gasteiger partial charge < -0.3 is 18.9 Å². The zero-order chi connectivity index (χ0) is 14.9. The van der Waals surface area contributed by atoms with Gasteiger partial charge >= 0.3 is 0 Å². The van der Waals surface area contributed by atoms with Gasteiger partial charge in [0.05, 0.1) is 37.1 Å². The zero-order valence-electron chi connectivity index (χ0n) is 13.3. The van der Waals surface area contributed by atoms with Crippen molar-refractivity contribution < 1.29 is 18.9 Å². The van der Waals surface area contributed by atoms with Crippen LogP contribution >= 0.6 is 0 Å². The van der Waals surface area contributed by atoms with Crippen LogP contribution in [0.15, 0.2) is 12.7 Å². The van der Waals surface area contributed by atoms with E-state index in [-0.39, 0.29) is 0 Å². The second-order valence-corrected chi connectivity index (χ2v) is 7.17. The van der Waals surface area contributed by atoms with E-state index in [2.05, 4.69) is 6.58 Å². The van der Waals surface area contributed by atoms with Gasteiger partial charge in [0.15, 0.2) is 0 Å². The monoisotopic (exact) mass is 308 g/mol. The summed E-state index contributed by atoms with van der Waals surface area (Å²) in [5.74, 6) is 0. The van der Waals surface area contributed by atoms with E-state index in [1.54, 1.807) is 6.08 Å². The number of hydrogen-bond donors (Lipinski definition) is 0. The Labute approximate surface area is 133 Å². The highest BCUT2D eigenvalue weighted by Gasteiger charge is 2.52. The Balaban J connectivity index is 0.000000116. The highest BCUT2D eigenvalue weighted by molar-refractivity contribution is 4.99. The third-order valence-electron chi connectivity index (χ3n) is 5.55. The van der Waals surface area contributed by atoms with Gasteiger partial charge in [0.25, 0.3) is 0 Å². The number of ether oxygens (including phenoxy) is 4. The smallest absolute Gasteiger partial charge is 0.110 e. The van der Waals surface area contributed by atoms with Crippen LogP contribution in [0, 0.1) is 0 Å². The summed E-state index contributed by atoms with van der Waals surface area (Å²) in [6.07, 6.45) is 15.4. The van der Waals surface area contributed by atoms with Crippen molar-refractivity contribution in [2.45, 2.75) is 94.1 Å². The number of hydrogen-bond acceptors (Lipinski definition) is 4. The molecule has 0 spiro atoms. The standard InChI is InChI=1S/C10H16O2.C8H12O2/c1-2-4-7(3-1)11-8-5-6-9-10(8)12-9;1-2-5-9-6-3-4-7-8(6)10-7/h7-10H,1-6H2;2,6-8H,1,3-5H2. The first-order valence-electron chi connectivity index (χ1n) is 9.04.